The topological polar surface area (TPSA) is 99.3 Å². The fourth-order valence-corrected chi connectivity index (χ4v) is 2.88. The average molecular weight is 394 g/mol. The van der Waals surface area contributed by atoms with Crippen LogP contribution < -0.4 is 5.32 Å². The Morgan fingerprint density at radius 2 is 1.97 bits per heavy atom. The molecule has 0 unspecified atom stereocenters. The summed E-state index contributed by atoms with van der Waals surface area (Å²) in [5, 5.41) is 18.5. The van der Waals surface area contributed by atoms with Crippen LogP contribution in [0.3, 0.4) is 0 Å². The van der Waals surface area contributed by atoms with Crippen molar-refractivity contribution in [1.82, 2.24) is 15.1 Å². The van der Waals surface area contributed by atoms with Crippen LogP contribution in [0.5, 0.6) is 0 Å². The van der Waals surface area contributed by atoms with Gasteiger partial charge >= 0.3 is 0 Å². The van der Waals surface area contributed by atoms with Gasteiger partial charge in [-0.05, 0) is 43.2 Å². The number of nitrogens with one attached hydrogen (secondary N) is 1. The molecule has 1 amide bonds. The minimum atomic E-state index is -0.477. The lowest BCUT2D eigenvalue weighted by atomic mass is 10.0. The third-order valence-corrected chi connectivity index (χ3v) is 4.62. The molecule has 1 aromatic heterocycles. The van der Waals surface area contributed by atoms with E-state index in [4.69, 9.17) is 4.74 Å². The van der Waals surface area contributed by atoms with Crippen molar-refractivity contribution in [3.05, 3.63) is 75.5 Å². The van der Waals surface area contributed by atoms with Crippen LogP contribution in [0.25, 0.3) is 16.9 Å². The number of nitro benzene ring substituents is 1. The van der Waals surface area contributed by atoms with Gasteiger partial charge in [-0.25, -0.2) is 4.68 Å². The lowest BCUT2D eigenvalue weighted by Gasteiger charge is -2.08. The third-order valence-electron chi connectivity index (χ3n) is 4.62. The highest BCUT2D eigenvalue weighted by Gasteiger charge is 2.19. The molecular formula is C21H22N4O4. The number of nitro groups is 1. The number of aromatic nitrogens is 2. The molecule has 0 aliphatic rings. The molecule has 8 nitrogen and oxygen atoms in total. The van der Waals surface area contributed by atoms with Gasteiger partial charge in [0, 0.05) is 31.4 Å². The Kier molecular flexibility index (Phi) is 6.04. The molecule has 8 heteroatoms. The quantitative estimate of drug-likeness (QED) is 0.376. The van der Waals surface area contributed by atoms with Gasteiger partial charge < -0.3 is 10.1 Å². The normalized spacial score (nSPS) is 10.7. The first-order chi connectivity index (χ1) is 13.9. The summed E-state index contributed by atoms with van der Waals surface area (Å²) < 4.78 is 6.40. The van der Waals surface area contributed by atoms with E-state index < -0.39 is 4.92 Å². The predicted octanol–water partition coefficient (Wildman–Crippen LogP) is 3.44. The van der Waals surface area contributed by atoms with Crippen LogP contribution in [0.2, 0.25) is 0 Å². The monoisotopic (exact) mass is 394 g/mol. The third kappa shape index (κ3) is 4.49. The number of aryl methyl sites for hydroxylation is 2. The van der Waals surface area contributed by atoms with Crippen molar-refractivity contribution in [2.75, 3.05) is 20.3 Å². The van der Waals surface area contributed by atoms with Crippen molar-refractivity contribution < 1.29 is 14.5 Å². The molecule has 0 radical (unpaired) electrons. The second-order valence-electron chi connectivity index (χ2n) is 6.65. The molecule has 1 heterocycles. The summed E-state index contributed by atoms with van der Waals surface area (Å²) in [6.07, 6.45) is 0. The summed E-state index contributed by atoms with van der Waals surface area (Å²) in [7, 11) is 1.55. The molecule has 2 aromatic carbocycles. The smallest absolute Gasteiger partial charge is 0.271 e. The minimum Gasteiger partial charge on any atom is -0.383 e. The maximum atomic E-state index is 12.7. The van der Waals surface area contributed by atoms with Crippen molar-refractivity contribution in [3.8, 4) is 16.9 Å². The summed E-state index contributed by atoms with van der Waals surface area (Å²) in [5.74, 6) is -0.337. The standard InChI is InChI=1S/C21H22N4O4/c1-14-7-8-16(11-15(14)2)19-13-20(21(26)22-9-10-29-3)24(23-19)17-5-4-6-18(12-17)25(27)28/h4-8,11-13H,9-10H2,1-3H3,(H,22,26). The molecule has 1 N–H and O–H groups in total. The van der Waals surface area contributed by atoms with Gasteiger partial charge in [0.05, 0.1) is 22.9 Å². The largest absolute Gasteiger partial charge is 0.383 e. The highest BCUT2D eigenvalue weighted by molar-refractivity contribution is 5.94. The van der Waals surface area contributed by atoms with Crippen LogP contribution in [-0.4, -0.2) is 40.9 Å². The second-order valence-corrected chi connectivity index (χ2v) is 6.65. The highest BCUT2D eigenvalue weighted by atomic mass is 16.6. The Hall–Kier alpha value is -3.52. The zero-order valence-corrected chi connectivity index (χ0v) is 16.5. The molecular weight excluding hydrogens is 372 g/mol. The molecule has 0 fully saturated rings. The summed E-state index contributed by atoms with van der Waals surface area (Å²) in [6.45, 7) is 4.75. The van der Waals surface area contributed by atoms with Crippen LogP contribution in [0.15, 0.2) is 48.5 Å². The van der Waals surface area contributed by atoms with E-state index in [1.807, 2.05) is 32.0 Å². The predicted molar refractivity (Wildman–Crippen MR) is 109 cm³/mol. The lowest BCUT2D eigenvalue weighted by Crippen LogP contribution is -2.28. The Labute approximate surface area is 168 Å². The fourth-order valence-electron chi connectivity index (χ4n) is 2.88. The number of hydrogen-bond donors (Lipinski definition) is 1. The number of ether oxygens (including phenoxy) is 1. The second kappa shape index (κ2) is 8.66. The van der Waals surface area contributed by atoms with E-state index in [2.05, 4.69) is 10.4 Å². The Morgan fingerprint density at radius 1 is 1.17 bits per heavy atom. The van der Waals surface area contributed by atoms with E-state index in [9.17, 15) is 14.9 Å². The van der Waals surface area contributed by atoms with Crippen molar-refractivity contribution in [2.24, 2.45) is 0 Å². The maximum absolute atomic E-state index is 12.7. The molecule has 0 aliphatic carbocycles. The number of hydrogen-bond acceptors (Lipinski definition) is 5. The summed E-state index contributed by atoms with van der Waals surface area (Å²) >= 11 is 0. The number of methoxy groups -OCH3 is 1. The maximum Gasteiger partial charge on any atom is 0.271 e. The van der Waals surface area contributed by atoms with Crippen LogP contribution in [-0.2, 0) is 4.74 Å². The number of rotatable bonds is 7. The number of carbonyl (C=O) groups is 1. The first kappa shape index (κ1) is 20.2. The minimum absolute atomic E-state index is 0.0727. The SMILES string of the molecule is COCCNC(=O)c1cc(-c2ccc(C)c(C)c2)nn1-c1cccc([N+](=O)[O-])c1. The fraction of sp³-hybridized carbons (Fsp3) is 0.238. The summed E-state index contributed by atoms with van der Waals surface area (Å²) in [6, 6.07) is 13.7. The number of carbonyl (C=O) groups excluding carboxylic acids is 1. The molecule has 29 heavy (non-hydrogen) atoms. The Bertz CT molecular complexity index is 1060. The van der Waals surface area contributed by atoms with E-state index in [0.717, 1.165) is 16.7 Å². The van der Waals surface area contributed by atoms with E-state index in [-0.39, 0.29) is 17.3 Å². The Balaban J connectivity index is 2.08. The zero-order chi connectivity index (χ0) is 21.0. The average Bonchev–Trinajstić information content (AvgIpc) is 3.16. The zero-order valence-electron chi connectivity index (χ0n) is 16.5. The van der Waals surface area contributed by atoms with E-state index in [1.54, 1.807) is 25.3 Å². The van der Waals surface area contributed by atoms with Gasteiger partial charge in [0.2, 0.25) is 0 Å². The van der Waals surface area contributed by atoms with Gasteiger partial charge in [-0.1, -0.05) is 18.2 Å². The van der Waals surface area contributed by atoms with Gasteiger partial charge in [0.25, 0.3) is 11.6 Å². The molecule has 150 valence electrons. The van der Waals surface area contributed by atoms with Crippen LogP contribution in [0.4, 0.5) is 5.69 Å². The van der Waals surface area contributed by atoms with Gasteiger partial charge in [0.1, 0.15) is 5.69 Å². The van der Waals surface area contributed by atoms with Crippen LogP contribution in [0.1, 0.15) is 21.6 Å². The molecule has 0 atom stereocenters. The number of nitrogens with zero attached hydrogens (tertiary/aromatic N) is 3. The number of non-ortho nitro benzene ring substituents is 1. The highest BCUT2D eigenvalue weighted by Crippen LogP contribution is 2.25. The van der Waals surface area contributed by atoms with Crippen molar-refractivity contribution >= 4 is 11.6 Å². The number of amides is 1. The molecule has 0 bridgehead atoms. The summed E-state index contributed by atoms with van der Waals surface area (Å²) in [4.78, 5) is 23.4. The molecule has 0 saturated heterocycles. The van der Waals surface area contributed by atoms with Crippen molar-refractivity contribution in [1.29, 1.82) is 0 Å². The van der Waals surface area contributed by atoms with Gasteiger partial charge in [-0.2, -0.15) is 5.10 Å². The van der Waals surface area contributed by atoms with E-state index >= 15 is 0 Å². The Morgan fingerprint density at radius 3 is 2.66 bits per heavy atom. The number of benzene rings is 2. The molecule has 0 saturated carbocycles. The van der Waals surface area contributed by atoms with Gasteiger partial charge in [0.15, 0.2) is 0 Å². The van der Waals surface area contributed by atoms with Gasteiger partial charge in [-0.15, -0.1) is 0 Å². The molecule has 3 aromatic rings. The molecule has 0 spiro atoms. The summed E-state index contributed by atoms with van der Waals surface area (Å²) in [5.41, 5.74) is 4.39. The van der Waals surface area contributed by atoms with E-state index in [0.29, 0.717) is 24.5 Å². The molecule has 0 aliphatic heterocycles. The molecule has 3 rings (SSSR count). The first-order valence-corrected chi connectivity index (χ1v) is 9.10. The van der Waals surface area contributed by atoms with Crippen LogP contribution >= 0.6 is 0 Å². The van der Waals surface area contributed by atoms with Gasteiger partial charge in [-0.3, -0.25) is 14.9 Å². The van der Waals surface area contributed by atoms with E-state index in [1.165, 1.54) is 16.8 Å². The first-order valence-electron chi connectivity index (χ1n) is 9.10. The van der Waals surface area contributed by atoms with Crippen LogP contribution in [0, 0.1) is 24.0 Å². The lowest BCUT2D eigenvalue weighted by molar-refractivity contribution is -0.384. The van der Waals surface area contributed by atoms with Crippen molar-refractivity contribution in [3.63, 3.8) is 0 Å². The van der Waals surface area contributed by atoms with Crippen molar-refractivity contribution in [2.45, 2.75) is 13.8 Å².